The van der Waals surface area contributed by atoms with Gasteiger partial charge in [-0.05, 0) is 49.8 Å². The van der Waals surface area contributed by atoms with Crippen molar-refractivity contribution >= 4 is 17.7 Å². The maximum absolute atomic E-state index is 12.6. The molecule has 0 spiro atoms. The second-order valence-electron chi connectivity index (χ2n) is 9.28. The van der Waals surface area contributed by atoms with E-state index in [1.54, 1.807) is 6.07 Å². The molecular weight excluding hydrogens is 396 g/mol. The Morgan fingerprint density at radius 2 is 2.07 bits per heavy atom. The first-order chi connectivity index (χ1) is 14.6. The first-order valence-electron chi connectivity index (χ1n) is 11.9. The molecule has 1 aromatic rings. The molecule has 1 saturated carbocycles. The topological polar surface area (TPSA) is 51.5 Å². The lowest BCUT2D eigenvalue weighted by Crippen LogP contribution is -2.47. The van der Waals surface area contributed by atoms with Gasteiger partial charge in [-0.15, -0.1) is 0 Å². The van der Waals surface area contributed by atoms with Gasteiger partial charge in [0.1, 0.15) is 6.10 Å². The van der Waals surface area contributed by atoms with Crippen molar-refractivity contribution in [2.45, 2.75) is 82.1 Å². The number of likely N-dealkylation sites (tertiary alicyclic amines) is 1. The van der Waals surface area contributed by atoms with Crippen LogP contribution in [0.1, 0.15) is 69.9 Å². The highest BCUT2D eigenvalue weighted by atomic mass is 32.2. The minimum Gasteiger partial charge on any atom is -0.461 e. The van der Waals surface area contributed by atoms with Gasteiger partial charge in [0.25, 0.3) is 5.56 Å². The average Bonchev–Trinajstić information content (AvgIpc) is 2.74. The first kappa shape index (κ1) is 21.9. The summed E-state index contributed by atoms with van der Waals surface area (Å²) in [5.74, 6) is 2.05. The SMILES string of the molecule is CCCCS[C@@H]1CCCC[C@H]1OC(=O)CCN1C[C@@H]2C[C@H](C1)c1cccc(=O)n1C2. The van der Waals surface area contributed by atoms with E-state index in [0.717, 1.165) is 39.0 Å². The van der Waals surface area contributed by atoms with E-state index in [2.05, 4.69) is 17.9 Å². The lowest BCUT2D eigenvalue weighted by molar-refractivity contribution is -0.150. The zero-order valence-electron chi connectivity index (χ0n) is 18.3. The van der Waals surface area contributed by atoms with E-state index in [1.165, 1.54) is 43.6 Å². The quantitative estimate of drug-likeness (QED) is 0.458. The van der Waals surface area contributed by atoms with E-state index >= 15 is 0 Å². The number of ether oxygens (including phenoxy) is 1. The van der Waals surface area contributed by atoms with Crippen LogP contribution in [-0.2, 0) is 16.1 Å². The third kappa shape index (κ3) is 5.31. The molecule has 0 amide bonds. The van der Waals surface area contributed by atoms with Crippen molar-refractivity contribution in [3.05, 3.63) is 34.2 Å². The first-order valence-corrected chi connectivity index (χ1v) is 12.9. The molecule has 4 atom stereocenters. The van der Waals surface area contributed by atoms with Crippen molar-refractivity contribution in [3.8, 4) is 0 Å². The van der Waals surface area contributed by atoms with E-state index in [0.29, 0.717) is 23.5 Å². The van der Waals surface area contributed by atoms with E-state index in [9.17, 15) is 9.59 Å². The van der Waals surface area contributed by atoms with Gasteiger partial charge in [0.05, 0.1) is 6.42 Å². The highest BCUT2D eigenvalue weighted by molar-refractivity contribution is 7.99. The fraction of sp³-hybridized carbons (Fsp3) is 0.750. The van der Waals surface area contributed by atoms with Crippen molar-refractivity contribution in [1.82, 2.24) is 9.47 Å². The van der Waals surface area contributed by atoms with Gasteiger partial charge in [-0.2, -0.15) is 11.8 Å². The third-order valence-corrected chi connectivity index (χ3v) is 8.43. The van der Waals surface area contributed by atoms with Crippen LogP contribution in [0.2, 0.25) is 0 Å². The summed E-state index contributed by atoms with van der Waals surface area (Å²) in [6, 6.07) is 5.64. The van der Waals surface area contributed by atoms with Gasteiger partial charge in [0.2, 0.25) is 0 Å². The number of pyridine rings is 1. The molecule has 0 aromatic carbocycles. The molecule has 3 heterocycles. The monoisotopic (exact) mass is 432 g/mol. The maximum atomic E-state index is 12.6. The molecule has 2 aliphatic heterocycles. The minimum atomic E-state index is -0.0321. The molecule has 0 radical (unpaired) electrons. The fourth-order valence-corrected chi connectivity index (χ4v) is 6.92. The number of thioether (sulfide) groups is 1. The van der Waals surface area contributed by atoms with Crippen LogP contribution in [0.5, 0.6) is 0 Å². The number of aromatic nitrogens is 1. The van der Waals surface area contributed by atoms with Crippen LogP contribution >= 0.6 is 11.8 Å². The van der Waals surface area contributed by atoms with Crippen molar-refractivity contribution in [2.75, 3.05) is 25.4 Å². The molecule has 0 N–H and O–H groups in total. The van der Waals surface area contributed by atoms with Crippen LogP contribution in [0.15, 0.2) is 23.0 Å². The van der Waals surface area contributed by atoms with Crippen LogP contribution in [0, 0.1) is 5.92 Å². The molecule has 4 rings (SSSR count). The summed E-state index contributed by atoms with van der Waals surface area (Å²) in [6.07, 6.45) is 8.85. The molecule has 1 saturated heterocycles. The smallest absolute Gasteiger partial charge is 0.307 e. The highest BCUT2D eigenvalue weighted by Crippen LogP contribution is 2.35. The third-order valence-electron chi connectivity index (χ3n) is 6.94. The Morgan fingerprint density at radius 1 is 1.20 bits per heavy atom. The molecule has 6 heteroatoms. The second kappa shape index (κ2) is 10.4. The zero-order valence-corrected chi connectivity index (χ0v) is 19.1. The Labute approximate surface area is 184 Å². The Hall–Kier alpha value is -1.27. The van der Waals surface area contributed by atoms with Gasteiger partial charge < -0.3 is 14.2 Å². The summed E-state index contributed by atoms with van der Waals surface area (Å²) in [4.78, 5) is 27.2. The largest absolute Gasteiger partial charge is 0.461 e. The molecule has 5 nitrogen and oxygen atoms in total. The van der Waals surface area contributed by atoms with Crippen LogP contribution < -0.4 is 5.56 Å². The van der Waals surface area contributed by atoms with Crippen LogP contribution in [-0.4, -0.2) is 52.2 Å². The lowest BCUT2D eigenvalue weighted by Gasteiger charge is -2.42. The Kier molecular flexibility index (Phi) is 7.58. The van der Waals surface area contributed by atoms with Crippen LogP contribution in [0.3, 0.4) is 0 Å². The summed E-state index contributed by atoms with van der Waals surface area (Å²) >= 11 is 2.01. The number of nitrogens with zero attached hydrogens (tertiary/aromatic N) is 2. The predicted octanol–water partition coefficient (Wildman–Crippen LogP) is 4.05. The maximum Gasteiger partial charge on any atom is 0.307 e. The zero-order chi connectivity index (χ0) is 20.9. The Bertz CT molecular complexity index is 780. The van der Waals surface area contributed by atoms with Gasteiger partial charge in [-0.1, -0.05) is 25.8 Å². The number of hydrogen-bond acceptors (Lipinski definition) is 5. The van der Waals surface area contributed by atoms with Gasteiger partial charge in [-0.25, -0.2) is 0 Å². The lowest BCUT2D eigenvalue weighted by atomic mass is 9.83. The molecule has 30 heavy (non-hydrogen) atoms. The number of esters is 1. The normalized spacial score (nSPS) is 28.7. The van der Waals surface area contributed by atoms with Crippen LogP contribution in [0.4, 0.5) is 0 Å². The summed E-state index contributed by atoms with van der Waals surface area (Å²) < 4.78 is 7.92. The van der Waals surface area contributed by atoms with Crippen molar-refractivity contribution in [3.63, 3.8) is 0 Å². The fourth-order valence-electron chi connectivity index (χ4n) is 5.42. The number of piperidine rings is 1. The number of unbranched alkanes of at least 4 members (excludes halogenated alkanes) is 1. The number of carbonyl (C=O) groups is 1. The molecule has 3 aliphatic rings. The average molecular weight is 433 g/mol. The predicted molar refractivity (Wildman–Crippen MR) is 122 cm³/mol. The van der Waals surface area contributed by atoms with Crippen molar-refractivity contribution in [1.29, 1.82) is 0 Å². The van der Waals surface area contributed by atoms with E-state index < -0.39 is 0 Å². The van der Waals surface area contributed by atoms with Gasteiger partial charge >= 0.3 is 5.97 Å². The highest BCUT2D eigenvalue weighted by Gasteiger charge is 2.35. The van der Waals surface area contributed by atoms with E-state index in [4.69, 9.17) is 4.74 Å². The Morgan fingerprint density at radius 3 is 2.93 bits per heavy atom. The van der Waals surface area contributed by atoms with Crippen molar-refractivity contribution in [2.24, 2.45) is 5.92 Å². The van der Waals surface area contributed by atoms with Crippen LogP contribution in [0.25, 0.3) is 0 Å². The molecule has 2 fully saturated rings. The summed E-state index contributed by atoms with van der Waals surface area (Å²) in [7, 11) is 0. The summed E-state index contributed by atoms with van der Waals surface area (Å²) in [6.45, 7) is 5.72. The molecule has 166 valence electrons. The molecule has 1 aromatic heterocycles. The molecule has 1 aliphatic carbocycles. The van der Waals surface area contributed by atoms with E-state index in [1.807, 2.05) is 22.4 Å². The van der Waals surface area contributed by atoms with Gasteiger partial charge in [0.15, 0.2) is 0 Å². The van der Waals surface area contributed by atoms with Gasteiger partial charge in [0, 0.05) is 49.1 Å². The molecule has 0 unspecified atom stereocenters. The second-order valence-corrected chi connectivity index (χ2v) is 10.6. The number of carbonyl (C=O) groups excluding carboxylic acids is 1. The van der Waals surface area contributed by atoms with E-state index in [-0.39, 0.29) is 17.6 Å². The molecule has 2 bridgehead atoms. The summed E-state index contributed by atoms with van der Waals surface area (Å²) in [5, 5.41) is 0.485. The molecular formula is C24H36N2O3S. The number of hydrogen-bond donors (Lipinski definition) is 0. The standard InChI is InChI=1S/C24H36N2O3S/c1-2-3-13-30-22-9-5-4-8-21(22)29-24(28)11-12-25-15-18-14-19(17-25)20-7-6-10-23(27)26(20)16-18/h6-7,10,18-19,21-22H,2-5,8-9,11-17H2,1H3/t18-,19+,21+,22+/m0/s1. The number of rotatable bonds is 8. The minimum absolute atomic E-state index is 0.0321. The van der Waals surface area contributed by atoms with Gasteiger partial charge in [-0.3, -0.25) is 9.59 Å². The number of fused-ring (bicyclic) bond motifs is 4. The van der Waals surface area contributed by atoms with Crippen molar-refractivity contribution < 1.29 is 9.53 Å². The summed E-state index contributed by atoms with van der Waals surface area (Å²) in [5.41, 5.74) is 1.29. The Balaban J connectivity index is 1.27.